The number of benzene rings is 2. The van der Waals surface area contributed by atoms with Crippen molar-refractivity contribution in [3.63, 3.8) is 0 Å². The van der Waals surface area contributed by atoms with Crippen LogP contribution >= 0.6 is 0 Å². The number of anilines is 1. The second-order valence-corrected chi connectivity index (χ2v) is 10.9. The molecule has 0 aliphatic carbocycles. The molecule has 1 atom stereocenters. The van der Waals surface area contributed by atoms with Gasteiger partial charge in [0, 0.05) is 45.2 Å². The standard InChI is InChI=1S/C29H34N4O5/c1-28(2,3)38-27(36)32-29(11-13-37-14-12-29)26(35)31-23(18-30)15-19-5-7-20(8-6-19)21-9-10-22-17-25(34)33(4)24(22)16-21/h5-10,16,23H,11-15,17H2,1-4H3,(H,31,35)(H,32,36)/t23-/m0/s1. The Morgan fingerprint density at radius 1 is 1.13 bits per heavy atom. The van der Waals surface area contributed by atoms with Gasteiger partial charge in [0.05, 0.1) is 12.5 Å². The Kier molecular flexibility index (Phi) is 7.74. The number of likely N-dealkylation sites (N-methyl/N-ethyl adjacent to an activating group) is 1. The second kappa shape index (κ2) is 10.8. The van der Waals surface area contributed by atoms with E-state index in [9.17, 15) is 19.6 Å². The van der Waals surface area contributed by atoms with Gasteiger partial charge < -0.3 is 25.0 Å². The van der Waals surface area contributed by atoms with Crippen LogP contribution in [0.5, 0.6) is 0 Å². The van der Waals surface area contributed by atoms with E-state index in [1.807, 2.05) is 42.5 Å². The fourth-order valence-electron chi connectivity index (χ4n) is 4.74. The number of carbonyl (C=O) groups excluding carboxylic acids is 3. The van der Waals surface area contributed by atoms with E-state index >= 15 is 0 Å². The molecule has 38 heavy (non-hydrogen) atoms. The van der Waals surface area contributed by atoms with E-state index < -0.39 is 29.2 Å². The van der Waals surface area contributed by atoms with Crippen LogP contribution in [-0.4, -0.2) is 55.4 Å². The molecule has 2 aliphatic rings. The van der Waals surface area contributed by atoms with Gasteiger partial charge in [0.25, 0.3) is 0 Å². The van der Waals surface area contributed by atoms with Crippen LogP contribution in [0.1, 0.15) is 44.7 Å². The summed E-state index contributed by atoms with van der Waals surface area (Å²) in [6, 6.07) is 15.2. The fourth-order valence-corrected chi connectivity index (χ4v) is 4.74. The number of nitriles is 1. The summed E-state index contributed by atoms with van der Waals surface area (Å²) < 4.78 is 10.8. The maximum Gasteiger partial charge on any atom is 0.408 e. The van der Waals surface area contributed by atoms with E-state index in [4.69, 9.17) is 9.47 Å². The number of hydrogen-bond donors (Lipinski definition) is 2. The van der Waals surface area contributed by atoms with Crippen molar-refractivity contribution in [1.29, 1.82) is 5.26 Å². The lowest BCUT2D eigenvalue weighted by atomic mass is 9.88. The molecule has 2 N–H and O–H groups in total. The van der Waals surface area contributed by atoms with Crippen LogP contribution in [-0.2, 0) is 31.9 Å². The molecule has 3 amide bonds. The lowest BCUT2D eigenvalue weighted by molar-refractivity contribution is -0.132. The highest BCUT2D eigenvalue weighted by molar-refractivity contribution is 6.01. The Bertz CT molecular complexity index is 1250. The van der Waals surface area contributed by atoms with Gasteiger partial charge in [-0.3, -0.25) is 9.59 Å². The van der Waals surface area contributed by atoms with Crippen molar-refractivity contribution in [2.75, 3.05) is 25.2 Å². The number of ether oxygens (including phenoxy) is 2. The average Bonchev–Trinajstić information content (AvgIpc) is 3.16. The Hall–Kier alpha value is -3.90. The maximum absolute atomic E-state index is 13.3. The topological polar surface area (TPSA) is 121 Å². The molecule has 0 radical (unpaired) electrons. The molecule has 1 saturated heterocycles. The second-order valence-electron chi connectivity index (χ2n) is 10.9. The Labute approximate surface area is 223 Å². The molecule has 2 heterocycles. The first-order chi connectivity index (χ1) is 18.0. The molecule has 2 aromatic rings. The number of rotatable bonds is 6. The van der Waals surface area contributed by atoms with Gasteiger partial charge in [-0.25, -0.2) is 4.79 Å². The van der Waals surface area contributed by atoms with E-state index in [-0.39, 0.29) is 18.7 Å². The third-order valence-electron chi connectivity index (χ3n) is 6.87. The van der Waals surface area contributed by atoms with Gasteiger partial charge in [-0.15, -0.1) is 0 Å². The van der Waals surface area contributed by atoms with Gasteiger partial charge in [0.1, 0.15) is 17.2 Å². The van der Waals surface area contributed by atoms with E-state index in [0.29, 0.717) is 26.1 Å². The number of nitrogens with zero attached hydrogens (tertiary/aromatic N) is 2. The summed E-state index contributed by atoms with van der Waals surface area (Å²) in [7, 11) is 1.78. The van der Waals surface area contributed by atoms with Gasteiger partial charge in [-0.05, 0) is 49.1 Å². The van der Waals surface area contributed by atoms with Gasteiger partial charge in [-0.2, -0.15) is 5.26 Å². The number of amides is 3. The zero-order chi connectivity index (χ0) is 27.5. The predicted octanol–water partition coefficient (Wildman–Crippen LogP) is 3.50. The molecular weight excluding hydrogens is 484 g/mol. The van der Waals surface area contributed by atoms with Crippen LogP contribution < -0.4 is 15.5 Å². The van der Waals surface area contributed by atoms with Crippen molar-refractivity contribution >= 4 is 23.6 Å². The van der Waals surface area contributed by atoms with Gasteiger partial charge in [0.15, 0.2) is 0 Å². The first-order valence-electron chi connectivity index (χ1n) is 12.8. The molecule has 0 aromatic heterocycles. The molecule has 2 aliphatic heterocycles. The molecule has 2 aromatic carbocycles. The number of alkyl carbamates (subject to hydrolysis) is 1. The Balaban J connectivity index is 1.43. The van der Waals surface area contributed by atoms with Crippen LogP contribution in [0.2, 0.25) is 0 Å². The number of carbonyl (C=O) groups is 3. The number of fused-ring (bicyclic) bond motifs is 1. The first-order valence-corrected chi connectivity index (χ1v) is 12.8. The summed E-state index contributed by atoms with van der Waals surface area (Å²) >= 11 is 0. The zero-order valence-electron chi connectivity index (χ0n) is 22.3. The molecule has 200 valence electrons. The summed E-state index contributed by atoms with van der Waals surface area (Å²) in [6.45, 7) is 5.89. The van der Waals surface area contributed by atoms with Crippen molar-refractivity contribution in [1.82, 2.24) is 10.6 Å². The molecule has 0 unspecified atom stereocenters. The smallest absolute Gasteiger partial charge is 0.408 e. The van der Waals surface area contributed by atoms with E-state index in [0.717, 1.165) is 27.9 Å². The summed E-state index contributed by atoms with van der Waals surface area (Å²) in [4.78, 5) is 39.5. The lowest BCUT2D eigenvalue weighted by Gasteiger charge is -2.37. The maximum atomic E-state index is 13.3. The van der Waals surface area contributed by atoms with Gasteiger partial charge in [-0.1, -0.05) is 36.4 Å². The van der Waals surface area contributed by atoms with E-state index in [2.05, 4.69) is 16.7 Å². The number of hydrogen-bond acceptors (Lipinski definition) is 6. The Morgan fingerprint density at radius 3 is 2.42 bits per heavy atom. The van der Waals surface area contributed by atoms with Gasteiger partial charge >= 0.3 is 6.09 Å². The first kappa shape index (κ1) is 27.1. The van der Waals surface area contributed by atoms with Crippen LogP contribution in [0, 0.1) is 11.3 Å². The average molecular weight is 519 g/mol. The molecule has 9 nitrogen and oxygen atoms in total. The third-order valence-corrected chi connectivity index (χ3v) is 6.87. The van der Waals surface area contributed by atoms with Crippen LogP contribution in [0.15, 0.2) is 42.5 Å². The highest BCUT2D eigenvalue weighted by atomic mass is 16.6. The fraction of sp³-hybridized carbons (Fsp3) is 0.448. The number of nitrogens with one attached hydrogen (secondary N) is 2. The Morgan fingerprint density at radius 2 is 1.79 bits per heavy atom. The van der Waals surface area contributed by atoms with Crippen LogP contribution in [0.25, 0.3) is 11.1 Å². The zero-order valence-corrected chi connectivity index (χ0v) is 22.3. The molecular formula is C29H34N4O5. The summed E-state index contributed by atoms with van der Waals surface area (Å²) in [5.74, 6) is -0.340. The summed E-state index contributed by atoms with van der Waals surface area (Å²) in [5.41, 5.74) is 2.90. The van der Waals surface area contributed by atoms with Crippen LogP contribution in [0.4, 0.5) is 10.5 Å². The minimum atomic E-state index is -1.21. The summed E-state index contributed by atoms with van der Waals surface area (Å²) in [6.07, 6.45) is 0.622. The summed E-state index contributed by atoms with van der Waals surface area (Å²) in [5, 5.41) is 15.3. The molecule has 9 heteroatoms. The van der Waals surface area contributed by atoms with Crippen molar-refractivity contribution in [2.45, 2.75) is 63.6 Å². The van der Waals surface area contributed by atoms with Crippen molar-refractivity contribution < 1.29 is 23.9 Å². The third kappa shape index (κ3) is 6.14. The van der Waals surface area contributed by atoms with Crippen molar-refractivity contribution in [3.8, 4) is 17.2 Å². The molecule has 0 saturated carbocycles. The SMILES string of the molecule is CN1C(=O)Cc2ccc(-c3ccc(C[C@@H](C#N)NC(=O)C4(NC(=O)OC(C)(C)C)CCOCC4)cc3)cc21. The predicted molar refractivity (Wildman–Crippen MR) is 142 cm³/mol. The molecule has 0 bridgehead atoms. The van der Waals surface area contributed by atoms with E-state index in [1.165, 1.54) is 0 Å². The van der Waals surface area contributed by atoms with Gasteiger partial charge in [0.2, 0.25) is 11.8 Å². The van der Waals surface area contributed by atoms with Crippen molar-refractivity contribution in [3.05, 3.63) is 53.6 Å². The minimum Gasteiger partial charge on any atom is -0.444 e. The minimum absolute atomic E-state index is 0.0842. The largest absolute Gasteiger partial charge is 0.444 e. The van der Waals surface area contributed by atoms with E-state index in [1.54, 1.807) is 32.7 Å². The quantitative estimate of drug-likeness (QED) is 0.604. The normalized spacial score (nSPS) is 17.2. The van der Waals surface area contributed by atoms with Crippen LogP contribution in [0.3, 0.4) is 0 Å². The highest BCUT2D eigenvalue weighted by Gasteiger charge is 2.43. The molecule has 0 spiro atoms. The lowest BCUT2D eigenvalue weighted by Crippen LogP contribution is -2.63. The monoisotopic (exact) mass is 518 g/mol. The highest BCUT2D eigenvalue weighted by Crippen LogP contribution is 2.32. The van der Waals surface area contributed by atoms with Crippen molar-refractivity contribution in [2.24, 2.45) is 0 Å². The molecule has 4 rings (SSSR count). The molecule has 1 fully saturated rings.